The van der Waals surface area contributed by atoms with Gasteiger partial charge in [0.25, 0.3) is 11.5 Å². The van der Waals surface area contributed by atoms with Gasteiger partial charge in [0.05, 0.1) is 10.3 Å². The number of fused-ring (bicyclic) bond motifs is 2. The summed E-state index contributed by atoms with van der Waals surface area (Å²) in [4.78, 5) is 32.5. The molecule has 0 spiro atoms. The molecule has 0 unspecified atom stereocenters. The van der Waals surface area contributed by atoms with Crippen molar-refractivity contribution in [2.75, 3.05) is 13.1 Å². The van der Waals surface area contributed by atoms with E-state index in [1.165, 1.54) is 21.4 Å². The van der Waals surface area contributed by atoms with Crippen LogP contribution in [0.4, 0.5) is 4.39 Å². The summed E-state index contributed by atoms with van der Waals surface area (Å²) in [5.41, 5.74) is 1.00. The minimum atomic E-state index is -3.68. The van der Waals surface area contributed by atoms with Gasteiger partial charge in [-0.25, -0.2) is 17.8 Å². The molecular weight excluding hydrogens is 459 g/mol. The molecule has 0 N–H and O–H groups in total. The van der Waals surface area contributed by atoms with Crippen LogP contribution in [-0.4, -0.2) is 51.5 Å². The van der Waals surface area contributed by atoms with Crippen molar-refractivity contribution in [2.45, 2.75) is 36.5 Å². The number of likely N-dealkylation sites (tertiary alicyclic amines) is 1. The number of halogens is 1. The first-order chi connectivity index (χ1) is 16.3. The van der Waals surface area contributed by atoms with Crippen LogP contribution in [0.1, 0.15) is 30.3 Å². The Morgan fingerprint density at radius 2 is 1.88 bits per heavy atom. The molecule has 1 aliphatic heterocycles. The van der Waals surface area contributed by atoms with Gasteiger partial charge in [-0.1, -0.05) is 19.4 Å². The highest BCUT2D eigenvalue weighted by atomic mass is 32.2. The van der Waals surface area contributed by atoms with Gasteiger partial charge in [0.1, 0.15) is 28.1 Å². The monoisotopic (exact) mass is 482 g/mol. The highest BCUT2D eigenvalue weighted by Crippen LogP contribution is 2.27. The Morgan fingerprint density at radius 1 is 1.15 bits per heavy atom. The Bertz CT molecular complexity index is 1570. The van der Waals surface area contributed by atoms with Crippen LogP contribution in [0, 0.1) is 5.82 Å². The third-order valence-corrected chi connectivity index (χ3v) is 8.35. The first-order valence-corrected chi connectivity index (χ1v) is 12.6. The number of nitrogens with zero attached hydrogens (tertiary/aromatic N) is 4. The van der Waals surface area contributed by atoms with Crippen molar-refractivity contribution in [1.29, 1.82) is 0 Å². The van der Waals surface area contributed by atoms with Crippen LogP contribution in [0.25, 0.3) is 16.7 Å². The fraction of sp³-hybridized carbons (Fsp3) is 0.292. The van der Waals surface area contributed by atoms with Crippen LogP contribution in [0.15, 0.2) is 64.4 Å². The van der Waals surface area contributed by atoms with Crippen LogP contribution in [-0.2, 0) is 16.4 Å². The van der Waals surface area contributed by atoms with Crippen LogP contribution in [0.5, 0.6) is 0 Å². The fourth-order valence-electron chi connectivity index (χ4n) is 4.25. The smallest absolute Gasteiger partial charge is 0.270 e. The maximum absolute atomic E-state index is 13.4. The first-order valence-electron chi connectivity index (χ1n) is 11.1. The summed E-state index contributed by atoms with van der Waals surface area (Å²) in [6.07, 6.45) is 3.32. The molecule has 4 aromatic rings. The van der Waals surface area contributed by atoms with E-state index in [9.17, 15) is 22.4 Å². The number of carbonyl (C=O) groups excluding carboxylic acids is 1. The summed E-state index contributed by atoms with van der Waals surface area (Å²) < 4.78 is 42.1. The van der Waals surface area contributed by atoms with Gasteiger partial charge >= 0.3 is 0 Å². The number of amides is 1. The van der Waals surface area contributed by atoms with Crippen molar-refractivity contribution < 1.29 is 17.6 Å². The van der Waals surface area contributed by atoms with E-state index in [4.69, 9.17) is 0 Å². The molecule has 176 valence electrons. The largest absolute Gasteiger partial charge is 0.335 e. The number of hydrogen-bond acceptors (Lipinski definition) is 5. The van der Waals surface area contributed by atoms with Gasteiger partial charge in [0.2, 0.25) is 0 Å². The van der Waals surface area contributed by atoms with Crippen molar-refractivity contribution in [1.82, 2.24) is 18.9 Å². The number of aryl methyl sites for hydroxylation is 1. The summed E-state index contributed by atoms with van der Waals surface area (Å²) in [5, 5.41) is -0.416. The lowest BCUT2D eigenvalue weighted by Crippen LogP contribution is -2.57. The van der Waals surface area contributed by atoms with E-state index in [-0.39, 0.29) is 29.5 Å². The molecular formula is C24H23FN4O4S. The van der Waals surface area contributed by atoms with E-state index in [0.29, 0.717) is 28.9 Å². The van der Waals surface area contributed by atoms with Gasteiger partial charge in [-0.05, 0) is 48.9 Å². The molecule has 10 heteroatoms. The predicted molar refractivity (Wildman–Crippen MR) is 125 cm³/mol. The quantitative estimate of drug-likeness (QED) is 0.394. The molecule has 0 atom stereocenters. The molecule has 34 heavy (non-hydrogen) atoms. The minimum Gasteiger partial charge on any atom is -0.335 e. The molecule has 1 aromatic carbocycles. The summed E-state index contributed by atoms with van der Waals surface area (Å²) in [5.74, 6) is -0.852. The van der Waals surface area contributed by atoms with E-state index < -0.39 is 20.9 Å². The lowest BCUT2D eigenvalue weighted by molar-refractivity contribution is 0.0648. The highest BCUT2D eigenvalue weighted by Gasteiger charge is 2.41. The Morgan fingerprint density at radius 3 is 2.59 bits per heavy atom. The number of benzene rings is 1. The standard InChI is InChI=1S/C24H23FN4O4S/c1-2-3-11-28-20(13-19-22(28)26-21-6-4-5-12-29(21)23(19)30)24(31)27-14-18(15-27)34(32,33)17-9-7-16(25)8-10-17/h4-10,12-13,18H,2-3,11,14-15H2,1H3. The number of sulfone groups is 1. The zero-order valence-electron chi connectivity index (χ0n) is 18.5. The van der Waals surface area contributed by atoms with Gasteiger partial charge in [-0.3, -0.25) is 14.0 Å². The van der Waals surface area contributed by atoms with E-state index in [1.54, 1.807) is 35.0 Å². The minimum absolute atomic E-state index is 0.0300. The molecule has 1 saturated heterocycles. The highest BCUT2D eigenvalue weighted by molar-refractivity contribution is 7.92. The lowest BCUT2D eigenvalue weighted by atomic mass is 10.2. The van der Waals surface area contributed by atoms with Crippen molar-refractivity contribution >= 4 is 32.4 Å². The molecule has 0 aliphatic carbocycles. The predicted octanol–water partition coefficient (Wildman–Crippen LogP) is 2.89. The van der Waals surface area contributed by atoms with Crippen molar-refractivity contribution in [2.24, 2.45) is 0 Å². The maximum Gasteiger partial charge on any atom is 0.270 e. The molecule has 4 heterocycles. The molecule has 1 amide bonds. The molecule has 1 aliphatic rings. The van der Waals surface area contributed by atoms with E-state index >= 15 is 0 Å². The Kier molecular flexibility index (Phi) is 5.47. The zero-order chi connectivity index (χ0) is 24.0. The average molecular weight is 483 g/mol. The van der Waals surface area contributed by atoms with Crippen molar-refractivity contribution in [3.05, 3.63) is 76.6 Å². The second-order valence-corrected chi connectivity index (χ2v) is 10.7. The Hall–Kier alpha value is -3.53. The van der Waals surface area contributed by atoms with Gasteiger partial charge in [0, 0.05) is 25.8 Å². The third-order valence-electron chi connectivity index (χ3n) is 6.25. The van der Waals surface area contributed by atoms with Crippen molar-refractivity contribution in [3.8, 4) is 0 Å². The zero-order valence-corrected chi connectivity index (χ0v) is 19.3. The molecule has 0 radical (unpaired) electrons. The van der Waals surface area contributed by atoms with Gasteiger partial charge in [-0.2, -0.15) is 0 Å². The number of pyridine rings is 1. The van der Waals surface area contributed by atoms with E-state index in [1.807, 2.05) is 6.92 Å². The summed E-state index contributed by atoms with van der Waals surface area (Å²) in [6.45, 7) is 2.61. The van der Waals surface area contributed by atoms with Gasteiger partial charge in [0.15, 0.2) is 9.84 Å². The molecule has 0 bridgehead atoms. The molecule has 1 fully saturated rings. The van der Waals surface area contributed by atoms with Gasteiger partial charge in [-0.15, -0.1) is 0 Å². The third kappa shape index (κ3) is 3.58. The number of rotatable bonds is 6. The second kappa shape index (κ2) is 8.35. The summed E-state index contributed by atoms with van der Waals surface area (Å²) in [6, 6.07) is 11.5. The fourth-order valence-corrected chi connectivity index (χ4v) is 5.90. The number of aromatic nitrogens is 3. The van der Waals surface area contributed by atoms with Gasteiger partial charge < -0.3 is 9.47 Å². The SMILES string of the molecule is CCCCn1c(C(=O)N2CC(S(=O)(=O)c3ccc(F)cc3)C2)cc2c(=O)n3ccccc3nc21. The topological polar surface area (TPSA) is 93.8 Å². The van der Waals surface area contributed by atoms with E-state index in [0.717, 1.165) is 25.0 Å². The first kappa shape index (κ1) is 22.3. The number of unbranched alkanes of at least 4 members (excludes halogenated alkanes) is 1. The summed E-state index contributed by atoms with van der Waals surface area (Å²) in [7, 11) is -3.68. The molecule has 0 saturated carbocycles. The maximum atomic E-state index is 13.4. The second-order valence-electron chi connectivity index (χ2n) is 8.45. The summed E-state index contributed by atoms with van der Waals surface area (Å²) >= 11 is 0. The van der Waals surface area contributed by atoms with Crippen LogP contribution in [0.3, 0.4) is 0 Å². The molecule has 5 rings (SSSR count). The lowest BCUT2D eigenvalue weighted by Gasteiger charge is -2.38. The average Bonchev–Trinajstić information content (AvgIpc) is 3.15. The molecule has 8 nitrogen and oxygen atoms in total. The number of hydrogen-bond donors (Lipinski definition) is 0. The number of carbonyl (C=O) groups is 1. The van der Waals surface area contributed by atoms with Crippen LogP contribution < -0.4 is 5.56 Å². The normalized spacial score (nSPS) is 14.6. The molecule has 3 aromatic heterocycles. The van der Waals surface area contributed by atoms with Crippen LogP contribution in [0.2, 0.25) is 0 Å². The Balaban J connectivity index is 1.47. The van der Waals surface area contributed by atoms with Crippen LogP contribution >= 0.6 is 0 Å². The van der Waals surface area contributed by atoms with Crippen molar-refractivity contribution in [3.63, 3.8) is 0 Å². The van der Waals surface area contributed by atoms with E-state index in [2.05, 4.69) is 4.98 Å². The Labute approximate surface area is 195 Å².